The van der Waals surface area contributed by atoms with Gasteiger partial charge in [0.25, 0.3) is 0 Å². The lowest BCUT2D eigenvalue weighted by Crippen LogP contribution is -2.34. The first-order valence-corrected chi connectivity index (χ1v) is 7.42. The van der Waals surface area contributed by atoms with Crippen molar-refractivity contribution >= 4 is 0 Å². The van der Waals surface area contributed by atoms with Crippen LogP contribution in [0, 0.1) is 5.41 Å². The van der Waals surface area contributed by atoms with Crippen molar-refractivity contribution in [3.63, 3.8) is 0 Å². The molecule has 1 heterocycles. The number of hydrogen-bond acceptors (Lipinski definition) is 2. The summed E-state index contributed by atoms with van der Waals surface area (Å²) in [5.41, 5.74) is 3.43. The van der Waals surface area contributed by atoms with Gasteiger partial charge < -0.3 is 5.32 Å². The molecule has 1 N–H and O–H groups in total. The Hall–Kier alpha value is -0.830. The molecule has 100 valence electrons. The van der Waals surface area contributed by atoms with E-state index in [0.29, 0.717) is 11.5 Å². The number of aryl methyl sites for hydroxylation is 1. The van der Waals surface area contributed by atoms with Gasteiger partial charge in [0.15, 0.2) is 0 Å². The smallest absolute Gasteiger partial charge is 0.0540 e. The van der Waals surface area contributed by atoms with E-state index in [2.05, 4.69) is 35.3 Å². The zero-order valence-corrected chi connectivity index (χ0v) is 11.7. The quantitative estimate of drug-likeness (QED) is 0.890. The Bertz CT molecular complexity index is 415. The molecule has 3 rings (SSSR count). The Morgan fingerprint density at radius 3 is 2.94 bits per heavy atom. The Balaban J connectivity index is 1.67. The van der Waals surface area contributed by atoms with Crippen LogP contribution in [0.25, 0.3) is 0 Å². The van der Waals surface area contributed by atoms with Crippen LogP contribution in [-0.2, 0) is 13.5 Å². The summed E-state index contributed by atoms with van der Waals surface area (Å²) < 4.78 is 2.06. The fourth-order valence-electron chi connectivity index (χ4n) is 3.69. The average Bonchev–Trinajstić information content (AvgIpc) is 2.96. The van der Waals surface area contributed by atoms with Gasteiger partial charge >= 0.3 is 0 Å². The second kappa shape index (κ2) is 4.69. The highest BCUT2D eigenvalue weighted by Crippen LogP contribution is 2.38. The highest BCUT2D eigenvalue weighted by Gasteiger charge is 2.30. The normalized spacial score (nSPS) is 26.2. The van der Waals surface area contributed by atoms with E-state index in [0.717, 1.165) is 0 Å². The molecular formula is C15H25N3. The van der Waals surface area contributed by atoms with E-state index in [9.17, 15) is 0 Å². The largest absolute Gasteiger partial charge is 0.309 e. The molecule has 1 aromatic heterocycles. The molecule has 3 heteroatoms. The van der Waals surface area contributed by atoms with Crippen LogP contribution in [0.5, 0.6) is 0 Å². The summed E-state index contributed by atoms with van der Waals surface area (Å²) in [5.74, 6) is 0. The predicted molar refractivity (Wildman–Crippen MR) is 73.5 cm³/mol. The molecule has 0 spiro atoms. The van der Waals surface area contributed by atoms with Crippen LogP contribution in [-0.4, -0.2) is 16.3 Å². The molecule has 0 amide bonds. The SMILES string of the molecule is Cn1ncc2c1CCCC2NCC1(C)CCCC1. The predicted octanol–water partition coefficient (Wildman–Crippen LogP) is 2.97. The van der Waals surface area contributed by atoms with Crippen molar-refractivity contribution in [1.82, 2.24) is 15.1 Å². The molecule has 0 radical (unpaired) electrons. The molecule has 0 bridgehead atoms. The maximum atomic E-state index is 4.42. The summed E-state index contributed by atoms with van der Waals surface area (Å²) in [5, 5.41) is 8.24. The monoisotopic (exact) mass is 247 g/mol. The van der Waals surface area contributed by atoms with Gasteiger partial charge in [-0.1, -0.05) is 19.8 Å². The van der Waals surface area contributed by atoms with Gasteiger partial charge in [0.2, 0.25) is 0 Å². The number of fused-ring (bicyclic) bond motifs is 1. The van der Waals surface area contributed by atoms with E-state index in [-0.39, 0.29) is 0 Å². The first-order chi connectivity index (χ1) is 8.68. The first-order valence-electron chi connectivity index (χ1n) is 7.42. The van der Waals surface area contributed by atoms with Crippen molar-refractivity contribution in [3.05, 3.63) is 17.5 Å². The summed E-state index contributed by atoms with van der Waals surface area (Å²) in [6.07, 6.45) is 11.5. The zero-order chi connectivity index (χ0) is 12.6. The van der Waals surface area contributed by atoms with Crippen LogP contribution < -0.4 is 5.32 Å². The van der Waals surface area contributed by atoms with E-state index in [1.54, 1.807) is 0 Å². The Morgan fingerprint density at radius 1 is 1.39 bits per heavy atom. The lowest BCUT2D eigenvalue weighted by atomic mass is 9.87. The van der Waals surface area contributed by atoms with E-state index >= 15 is 0 Å². The summed E-state index contributed by atoms with van der Waals surface area (Å²) in [6, 6.07) is 0.542. The molecule has 2 aliphatic rings. The van der Waals surface area contributed by atoms with E-state index in [4.69, 9.17) is 0 Å². The fourth-order valence-corrected chi connectivity index (χ4v) is 3.69. The Kier molecular flexibility index (Phi) is 3.18. The Labute approximate surface area is 110 Å². The van der Waals surface area contributed by atoms with Crippen LogP contribution in [0.1, 0.15) is 62.7 Å². The van der Waals surface area contributed by atoms with Gasteiger partial charge in [-0.3, -0.25) is 4.68 Å². The van der Waals surface area contributed by atoms with E-state index in [1.165, 1.54) is 62.7 Å². The number of aromatic nitrogens is 2. The third-order valence-electron chi connectivity index (χ3n) is 4.96. The number of nitrogens with zero attached hydrogens (tertiary/aromatic N) is 2. The molecule has 0 aromatic carbocycles. The molecule has 1 saturated carbocycles. The third-order valence-corrected chi connectivity index (χ3v) is 4.96. The summed E-state index contributed by atoms with van der Waals surface area (Å²) in [6.45, 7) is 3.62. The highest BCUT2D eigenvalue weighted by molar-refractivity contribution is 5.24. The average molecular weight is 247 g/mol. The lowest BCUT2D eigenvalue weighted by molar-refractivity contribution is 0.288. The fraction of sp³-hybridized carbons (Fsp3) is 0.800. The lowest BCUT2D eigenvalue weighted by Gasteiger charge is -2.30. The van der Waals surface area contributed by atoms with Crippen LogP contribution in [0.15, 0.2) is 6.20 Å². The highest BCUT2D eigenvalue weighted by atomic mass is 15.3. The van der Waals surface area contributed by atoms with Gasteiger partial charge in [-0.15, -0.1) is 0 Å². The molecule has 0 aliphatic heterocycles. The van der Waals surface area contributed by atoms with Crippen LogP contribution in [0.2, 0.25) is 0 Å². The van der Waals surface area contributed by atoms with Crippen LogP contribution >= 0.6 is 0 Å². The molecule has 1 unspecified atom stereocenters. The number of nitrogens with one attached hydrogen (secondary N) is 1. The van der Waals surface area contributed by atoms with Gasteiger partial charge in [0.1, 0.15) is 0 Å². The second-order valence-corrected chi connectivity index (χ2v) is 6.51. The molecular weight excluding hydrogens is 222 g/mol. The van der Waals surface area contributed by atoms with Crippen molar-refractivity contribution < 1.29 is 0 Å². The molecule has 0 saturated heterocycles. The van der Waals surface area contributed by atoms with Crippen LogP contribution in [0.3, 0.4) is 0 Å². The number of hydrogen-bond donors (Lipinski definition) is 1. The van der Waals surface area contributed by atoms with Gasteiger partial charge in [0, 0.05) is 30.9 Å². The molecule has 3 nitrogen and oxygen atoms in total. The molecule has 1 aromatic rings. The summed E-state index contributed by atoms with van der Waals surface area (Å²) in [4.78, 5) is 0. The molecule has 1 atom stereocenters. The minimum atomic E-state index is 0.541. The van der Waals surface area contributed by atoms with E-state index < -0.39 is 0 Å². The zero-order valence-electron chi connectivity index (χ0n) is 11.7. The number of rotatable bonds is 3. The van der Waals surface area contributed by atoms with Crippen molar-refractivity contribution in [2.75, 3.05) is 6.54 Å². The van der Waals surface area contributed by atoms with Crippen LogP contribution in [0.4, 0.5) is 0 Å². The van der Waals surface area contributed by atoms with Gasteiger partial charge in [-0.2, -0.15) is 5.10 Å². The first kappa shape index (κ1) is 12.2. The Morgan fingerprint density at radius 2 is 2.17 bits per heavy atom. The van der Waals surface area contributed by atoms with Crippen molar-refractivity contribution in [1.29, 1.82) is 0 Å². The van der Waals surface area contributed by atoms with Gasteiger partial charge in [0.05, 0.1) is 6.20 Å². The van der Waals surface area contributed by atoms with Crippen molar-refractivity contribution in [2.45, 2.75) is 57.9 Å². The minimum absolute atomic E-state index is 0.541. The molecule has 1 fully saturated rings. The minimum Gasteiger partial charge on any atom is -0.309 e. The third kappa shape index (κ3) is 2.20. The topological polar surface area (TPSA) is 29.9 Å². The second-order valence-electron chi connectivity index (χ2n) is 6.51. The molecule has 2 aliphatic carbocycles. The maximum Gasteiger partial charge on any atom is 0.0540 e. The summed E-state index contributed by atoms with van der Waals surface area (Å²) >= 11 is 0. The van der Waals surface area contributed by atoms with Gasteiger partial charge in [-0.25, -0.2) is 0 Å². The summed E-state index contributed by atoms with van der Waals surface area (Å²) in [7, 11) is 2.07. The standard InChI is InChI=1S/C15H25N3/c1-15(8-3-4-9-15)11-16-13-6-5-7-14-12(13)10-17-18(14)2/h10,13,16H,3-9,11H2,1-2H3. The van der Waals surface area contributed by atoms with E-state index in [1.807, 2.05) is 0 Å². The van der Waals surface area contributed by atoms with Crippen molar-refractivity contribution in [3.8, 4) is 0 Å². The van der Waals surface area contributed by atoms with Gasteiger partial charge in [-0.05, 0) is 37.5 Å². The maximum absolute atomic E-state index is 4.42. The van der Waals surface area contributed by atoms with Crippen molar-refractivity contribution in [2.24, 2.45) is 12.5 Å². The molecule has 18 heavy (non-hydrogen) atoms.